The van der Waals surface area contributed by atoms with Crippen molar-refractivity contribution in [1.82, 2.24) is 15.3 Å². The number of nitrogens with zero attached hydrogens (tertiary/aromatic N) is 2. The number of aromatic nitrogens is 2. The first-order valence-electron chi connectivity index (χ1n) is 5.77. The van der Waals surface area contributed by atoms with Crippen LogP contribution in [0.3, 0.4) is 0 Å². The highest BCUT2D eigenvalue weighted by molar-refractivity contribution is 9.10. The number of anilines is 1. The van der Waals surface area contributed by atoms with E-state index in [1.54, 1.807) is 12.4 Å². The number of amides is 1. The molecule has 0 aliphatic carbocycles. The van der Waals surface area contributed by atoms with Crippen LogP contribution >= 0.6 is 15.9 Å². The van der Waals surface area contributed by atoms with Gasteiger partial charge in [0, 0.05) is 10.7 Å². The summed E-state index contributed by atoms with van der Waals surface area (Å²) >= 11 is 3.13. The summed E-state index contributed by atoms with van der Waals surface area (Å²) in [5, 5.41) is 2.67. The molecule has 0 saturated carbocycles. The van der Waals surface area contributed by atoms with Crippen LogP contribution in [0.5, 0.6) is 0 Å². The molecule has 2 aromatic rings. The fourth-order valence-electron chi connectivity index (χ4n) is 1.52. The van der Waals surface area contributed by atoms with E-state index in [1.807, 2.05) is 6.92 Å². The molecule has 1 aromatic heterocycles. The second kappa shape index (κ2) is 5.96. The van der Waals surface area contributed by atoms with Gasteiger partial charge in [-0.15, -0.1) is 0 Å². The molecule has 1 heterocycles. The molecule has 1 aromatic carbocycles. The second-order valence-corrected chi connectivity index (χ2v) is 5.04. The lowest BCUT2D eigenvalue weighted by Gasteiger charge is -2.08. The average Bonchev–Trinajstić information content (AvgIpc) is 2.42. The molecule has 104 valence electrons. The Bertz CT molecular complexity index is 646. The third-order valence-electron chi connectivity index (χ3n) is 2.60. The minimum atomic E-state index is -0.571. The molecule has 0 radical (unpaired) electrons. The van der Waals surface area contributed by atoms with Crippen LogP contribution in [-0.4, -0.2) is 15.9 Å². The SMILES string of the molecule is Cc1cnc(CNC(=O)c2cc(N)c(F)cc2Br)cn1. The molecule has 0 saturated heterocycles. The Morgan fingerprint density at radius 2 is 2.15 bits per heavy atom. The van der Waals surface area contributed by atoms with Crippen LogP contribution in [0.15, 0.2) is 29.0 Å². The molecule has 0 bridgehead atoms. The summed E-state index contributed by atoms with van der Waals surface area (Å²) in [6.07, 6.45) is 3.21. The normalized spacial score (nSPS) is 10.3. The van der Waals surface area contributed by atoms with Crippen molar-refractivity contribution in [1.29, 1.82) is 0 Å². The van der Waals surface area contributed by atoms with Crippen LogP contribution in [0.4, 0.5) is 10.1 Å². The minimum Gasteiger partial charge on any atom is -0.396 e. The van der Waals surface area contributed by atoms with E-state index >= 15 is 0 Å². The number of carbonyl (C=O) groups is 1. The van der Waals surface area contributed by atoms with Gasteiger partial charge in [0.2, 0.25) is 0 Å². The first-order valence-corrected chi connectivity index (χ1v) is 6.57. The smallest absolute Gasteiger partial charge is 0.252 e. The van der Waals surface area contributed by atoms with E-state index in [2.05, 4.69) is 31.2 Å². The molecule has 3 N–H and O–H groups in total. The van der Waals surface area contributed by atoms with Gasteiger partial charge in [-0.25, -0.2) is 4.39 Å². The summed E-state index contributed by atoms with van der Waals surface area (Å²) < 4.78 is 13.6. The van der Waals surface area contributed by atoms with Crippen molar-refractivity contribution in [2.75, 3.05) is 5.73 Å². The van der Waals surface area contributed by atoms with Gasteiger partial charge in [0.05, 0.1) is 35.4 Å². The summed E-state index contributed by atoms with van der Waals surface area (Å²) in [4.78, 5) is 20.2. The van der Waals surface area contributed by atoms with Crippen LogP contribution in [0.1, 0.15) is 21.7 Å². The lowest BCUT2D eigenvalue weighted by atomic mass is 10.2. The van der Waals surface area contributed by atoms with Gasteiger partial charge in [0.25, 0.3) is 5.91 Å². The summed E-state index contributed by atoms with van der Waals surface area (Å²) in [6.45, 7) is 2.06. The minimum absolute atomic E-state index is 0.0755. The topological polar surface area (TPSA) is 80.9 Å². The molecule has 0 fully saturated rings. The molecule has 5 nitrogen and oxygen atoms in total. The maximum absolute atomic E-state index is 13.2. The summed E-state index contributed by atoms with van der Waals surface area (Å²) in [7, 11) is 0. The van der Waals surface area contributed by atoms with Crippen LogP contribution < -0.4 is 11.1 Å². The maximum Gasteiger partial charge on any atom is 0.252 e. The quantitative estimate of drug-likeness (QED) is 0.840. The molecule has 2 rings (SSSR count). The lowest BCUT2D eigenvalue weighted by Crippen LogP contribution is -2.24. The fourth-order valence-corrected chi connectivity index (χ4v) is 2.01. The van der Waals surface area contributed by atoms with Gasteiger partial charge >= 0.3 is 0 Å². The Labute approximate surface area is 123 Å². The Kier molecular flexibility index (Phi) is 4.29. The monoisotopic (exact) mass is 338 g/mol. The number of hydrogen-bond acceptors (Lipinski definition) is 4. The molecule has 0 unspecified atom stereocenters. The Morgan fingerprint density at radius 3 is 2.80 bits per heavy atom. The van der Waals surface area contributed by atoms with E-state index in [9.17, 15) is 9.18 Å². The number of hydrogen-bond donors (Lipinski definition) is 2. The Morgan fingerprint density at radius 1 is 1.40 bits per heavy atom. The molecular weight excluding hydrogens is 327 g/mol. The molecular formula is C13H12BrFN4O. The van der Waals surface area contributed by atoms with E-state index in [0.29, 0.717) is 10.2 Å². The van der Waals surface area contributed by atoms with Crippen LogP contribution in [-0.2, 0) is 6.54 Å². The number of nitrogens with one attached hydrogen (secondary N) is 1. The lowest BCUT2D eigenvalue weighted by molar-refractivity contribution is 0.0949. The number of carbonyl (C=O) groups excluding carboxylic acids is 1. The van der Waals surface area contributed by atoms with Crippen LogP contribution in [0.2, 0.25) is 0 Å². The van der Waals surface area contributed by atoms with Gasteiger partial charge in [-0.2, -0.15) is 0 Å². The van der Waals surface area contributed by atoms with Crippen molar-refractivity contribution in [3.8, 4) is 0 Å². The molecule has 7 heteroatoms. The highest BCUT2D eigenvalue weighted by atomic mass is 79.9. The van der Waals surface area contributed by atoms with Gasteiger partial charge in [-0.1, -0.05) is 0 Å². The average molecular weight is 339 g/mol. The maximum atomic E-state index is 13.2. The fraction of sp³-hybridized carbons (Fsp3) is 0.154. The summed E-state index contributed by atoms with van der Waals surface area (Å²) in [5.74, 6) is -0.941. The standard InChI is InChI=1S/C13H12BrFN4O/c1-7-4-18-8(5-17-7)6-19-13(20)9-2-12(16)11(15)3-10(9)14/h2-5H,6,16H2,1H3,(H,19,20). The third kappa shape index (κ3) is 3.30. The second-order valence-electron chi connectivity index (χ2n) is 4.19. The van der Waals surface area contributed by atoms with Gasteiger partial charge in [-0.3, -0.25) is 14.8 Å². The summed E-state index contributed by atoms with van der Waals surface area (Å²) in [5.41, 5.74) is 7.08. The first kappa shape index (κ1) is 14.4. The number of nitrogens with two attached hydrogens (primary N) is 1. The van der Waals surface area contributed by atoms with E-state index in [0.717, 1.165) is 11.8 Å². The molecule has 0 aliphatic heterocycles. The van der Waals surface area contributed by atoms with E-state index < -0.39 is 5.82 Å². The molecule has 0 spiro atoms. The number of benzene rings is 1. The number of nitrogen functional groups attached to an aromatic ring is 1. The largest absolute Gasteiger partial charge is 0.396 e. The highest BCUT2D eigenvalue weighted by Crippen LogP contribution is 2.22. The van der Waals surface area contributed by atoms with Gasteiger partial charge < -0.3 is 11.1 Å². The van der Waals surface area contributed by atoms with E-state index in [-0.39, 0.29) is 23.7 Å². The molecule has 0 aliphatic rings. The first-order chi connectivity index (χ1) is 9.47. The predicted molar refractivity (Wildman–Crippen MR) is 76.5 cm³/mol. The van der Waals surface area contributed by atoms with Crippen molar-refractivity contribution in [2.24, 2.45) is 0 Å². The number of halogens is 2. The van der Waals surface area contributed by atoms with Gasteiger partial charge in [-0.05, 0) is 35.0 Å². The zero-order valence-electron chi connectivity index (χ0n) is 10.7. The van der Waals surface area contributed by atoms with Crippen LogP contribution in [0, 0.1) is 12.7 Å². The van der Waals surface area contributed by atoms with E-state index in [1.165, 1.54) is 6.07 Å². The van der Waals surface area contributed by atoms with E-state index in [4.69, 9.17) is 5.73 Å². The van der Waals surface area contributed by atoms with Crippen molar-refractivity contribution in [3.63, 3.8) is 0 Å². The highest BCUT2D eigenvalue weighted by Gasteiger charge is 2.13. The van der Waals surface area contributed by atoms with Crippen molar-refractivity contribution >= 4 is 27.5 Å². The van der Waals surface area contributed by atoms with Gasteiger partial charge in [0.15, 0.2) is 0 Å². The molecule has 20 heavy (non-hydrogen) atoms. The van der Waals surface area contributed by atoms with Gasteiger partial charge in [0.1, 0.15) is 5.82 Å². The zero-order valence-corrected chi connectivity index (χ0v) is 12.2. The Balaban J connectivity index is 2.09. The Hall–Kier alpha value is -2.02. The third-order valence-corrected chi connectivity index (χ3v) is 3.25. The predicted octanol–water partition coefficient (Wildman–Crippen LogP) is 2.20. The number of rotatable bonds is 3. The van der Waals surface area contributed by atoms with Crippen molar-refractivity contribution in [2.45, 2.75) is 13.5 Å². The molecule has 1 amide bonds. The zero-order chi connectivity index (χ0) is 14.7. The van der Waals surface area contributed by atoms with Crippen LogP contribution in [0.25, 0.3) is 0 Å². The number of aryl methyl sites for hydroxylation is 1. The molecule has 0 atom stereocenters. The van der Waals surface area contributed by atoms with Crippen molar-refractivity contribution in [3.05, 3.63) is 51.8 Å². The van der Waals surface area contributed by atoms with Crippen molar-refractivity contribution < 1.29 is 9.18 Å². The summed E-state index contributed by atoms with van der Waals surface area (Å²) in [6, 6.07) is 2.45.